The molecule has 3 aliphatic carbocycles. The topological polar surface area (TPSA) is 123 Å². The predicted molar refractivity (Wildman–Crippen MR) is 197 cm³/mol. The number of benzene rings is 1. The first-order valence-corrected chi connectivity index (χ1v) is 18.1. The van der Waals surface area contributed by atoms with Gasteiger partial charge in [0.15, 0.2) is 22.8 Å². The molecule has 276 valence electrons. The van der Waals surface area contributed by atoms with Crippen molar-refractivity contribution in [2.45, 2.75) is 111 Å². The SMILES string of the molecule is CC(C)=CCC/C(C)=C/Cc1c(O)c(CC=C(C)C)c2c(c1O)C(=O)C1=CC3CC4C(C)(C)OC(C/C=C(/C)C(=O)OCCN(C)C)(C3=O)C14O2. The number of esters is 1. The van der Waals surface area contributed by atoms with Crippen molar-refractivity contribution in [2.24, 2.45) is 11.8 Å². The van der Waals surface area contributed by atoms with Crippen molar-refractivity contribution >= 4 is 17.5 Å². The Morgan fingerprint density at radius 2 is 1.63 bits per heavy atom. The van der Waals surface area contributed by atoms with E-state index in [0.29, 0.717) is 24.1 Å². The third kappa shape index (κ3) is 6.63. The number of ether oxygens (including phenoxy) is 3. The number of phenolic OH excluding ortho intramolecular Hbond substituents is 2. The van der Waals surface area contributed by atoms with Gasteiger partial charge in [-0.05, 0) is 102 Å². The van der Waals surface area contributed by atoms with Gasteiger partial charge in [-0.1, -0.05) is 47.1 Å². The van der Waals surface area contributed by atoms with E-state index < -0.39 is 40.4 Å². The maximum Gasteiger partial charge on any atom is 0.333 e. The Kier molecular flexibility index (Phi) is 10.7. The van der Waals surface area contributed by atoms with Crippen LogP contribution in [0.5, 0.6) is 17.2 Å². The summed E-state index contributed by atoms with van der Waals surface area (Å²) in [7, 11) is 3.78. The van der Waals surface area contributed by atoms with Gasteiger partial charge in [0.05, 0.1) is 5.60 Å². The molecule has 4 bridgehead atoms. The second-order valence-electron chi connectivity index (χ2n) is 16.0. The number of ketones is 2. The first-order valence-electron chi connectivity index (χ1n) is 18.1. The molecule has 2 N–H and O–H groups in total. The zero-order valence-corrected chi connectivity index (χ0v) is 32.0. The highest BCUT2D eigenvalue weighted by atomic mass is 16.6. The largest absolute Gasteiger partial charge is 0.507 e. The van der Waals surface area contributed by atoms with Gasteiger partial charge in [-0.25, -0.2) is 4.79 Å². The van der Waals surface area contributed by atoms with Crippen molar-refractivity contribution in [1.82, 2.24) is 4.90 Å². The van der Waals surface area contributed by atoms with E-state index in [2.05, 4.69) is 19.9 Å². The minimum Gasteiger partial charge on any atom is -0.507 e. The molecule has 5 aliphatic rings. The monoisotopic (exact) mass is 701 g/mol. The Balaban J connectivity index is 1.64. The molecule has 2 fully saturated rings. The molecule has 9 nitrogen and oxygen atoms in total. The van der Waals surface area contributed by atoms with E-state index in [1.807, 2.05) is 65.8 Å². The van der Waals surface area contributed by atoms with E-state index in [1.165, 1.54) is 5.57 Å². The van der Waals surface area contributed by atoms with Crippen LogP contribution in [0.3, 0.4) is 0 Å². The van der Waals surface area contributed by atoms with Crippen LogP contribution in [0.25, 0.3) is 0 Å². The summed E-state index contributed by atoms with van der Waals surface area (Å²) >= 11 is 0. The number of phenols is 2. The van der Waals surface area contributed by atoms with Gasteiger partial charge >= 0.3 is 5.97 Å². The molecule has 1 aromatic rings. The Bertz CT molecular complexity index is 1780. The van der Waals surface area contributed by atoms with Gasteiger partial charge in [-0.3, -0.25) is 9.59 Å². The minimum atomic E-state index is -1.63. The van der Waals surface area contributed by atoms with Crippen LogP contribution in [0.15, 0.2) is 58.2 Å². The molecular formula is C42H55NO8. The molecule has 2 heterocycles. The van der Waals surface area contributed by atoms with Gasteiger partial charge in [-0.15, -0.1) is 0 Å². The van der Waals surface area contributed by atoms with Crippen LogP contribution in [-0.4, -0.2) is 76.7 Å². The van der Waals surface area contributed by atoms with E-state index in [-0.39, 0.29) is 65.6 Å². The molecule has 1 spiro atoms. The van der Waals surface area contributed by atoms with Gasteiger partial charge in [0.1, 0.15) is 29.4 Å². The molecule has 9 heteroatoms. The highest BCUT2D eigenvalue weighted by Crippen LogP contribution is 2.68. The number of Topliss-reactive ketones (excluding diaryl/α,β-unsaturated/α-hetero) is 2. The Morgan fingerprint density at radius 1 is 0.961 bits per heavy atom. The van der Waals surface area contributed by atoms with E-state index >= 15 is 0 Å². The highest BCUT2D eigenvalue weighted by Gasteiger charge is 2.81. The fourth-order valence-corrected chi connectivity index (χ4v) is 8.23. The van der Waals surface area contributed by atoms with E-state index in [0.717, 1.165) is 24.0 Å². The number of rotatable bonds is 13. The van der Waals surface area contributed by atoms with Crippen molar-refractivity contribution in [1.29, 1.82) is 0 Å². The lowest BCUT2D eigenvalue weighted by atomic mass is 9.51. The number of carbonyl (C=O) groups is 3. The number of aromatic hydroxyl groups is 2. The molecule has 4 atom stereocenters. The van der Waals surface area contributed by atoms with Gasteiger partial charge in [0.2, 0.25) is 0 Å². The van der Waals surface area contributed by atoms with Gasteiger partial charge in [-0.2, -0.15) is 0 Å². The quantitative estimate of drug-likeness (QED) is 0.124. The molecule has 0 amide bonds. The van der Waals surface area contributed by atoms with Crippen LogP contribution in [0.1, 0.15) is 103 Å². The maximum absolute atomic E-state index is 14.9. The lowest BCUT2D eigenvalue weighted by molar-refractivity contribution is -0.171. The lowest BCUT2D eigenvalue weighted by Gasteiger charge is -2.56. The number of allylic oxidation sites excluding steroid dienone is 7. The summed E-state index contributed by atoms with van der Waals surface area (Å²) in [6.45, 7) is 16.3. The second kappa shape index (κ2) is 14.2. The fraction of sp³-hybridized carbons (Fsp3) is 0.548. The highest BCUT2D eigenvalue weighted by molar-refractivity contribution is 6.18. The Labute approximate surface area is 302 Å². The molecule has 4 unspecified atom stereocenters. The number of carbonyl (C=O) groups excluding carboxylic acids is 3. The molecule has 51 heavy (non-hydrogen) atoms. The molecule has 0 aromatic heterocycles. The summed E-state index contributed by atoms with van der Waals surface area (Å²) in [6, 6.07) is 0. The van der Waals surface area contributed by atoms with E-state index in [9.17, 15) is 24.6 Å². The van der Waals surface area contributed by atoms with Crippen LogP contribution in [0.2, 0.25) is 0 Å². The smallest absolute Gasteiger partial charge is 0.333 e. The zero-order chi connectivity index (χ0) is 37.6. The summed E-state index contributed by atoms with van der Waals surface area (Å²) in [5.74, 6) is -2.53. The number of nitrogens with zero attached hydrogens (tertiary/aromatic N) is 1. The predicted octanol–water partition coefficient (Wildman–Crippen LogP) is 7.29. The Hall–Kier alpha value is -3.95. The van der Waals surface area contributed by atoms with E-state index in [4.69, 9.17) is 14.2 Å². The average molecular weight is 702 g/mol. The normalized spacial score (nSPS) is 26.0. The number of hydrogen-bond acceptors (Lipinski definition) is 9. The summed E-state index contributed by atoms with van der Waals surface area (Å²) in [4.78, 5) is 44.2. The van der Waals surface area contributed by atoms with Crippen LogP contribution in [0.4, 0.5) is 0 Å². The second-order valence-corrected chi connectivity index (χ2v) is 16.0. The molecule has 1 saturated heterocycles. The number of hydrogen-bond donors (Lipinski definition) is 2. The van der Waals surface area contributed by atoms with Gasteiger partial charge in [0, 0.05) is 47.1 Å². The van der Waals surface area contributed by atoms with Crippen molar-refractivity contribution < 1.29 is 38.8 Å². The summed E-state index contributed by atoms with van der Waals surface area (Å²) in [6.07, 6.45) is 12.0. The van der Waals surface area contributed by atoms with Crippen molar-refractivity contribution in [2.75, 3.05) is 27.2 Å². The van der Waals surface area contributed by atoms with Gasteiger partial charge < -0.3 is 29.3 Å². The fourth-order valence-electron chi connectivity index (χ4n) is 8.23. The molecule has 2 aliphatic heterocycles. The van der Waals surface area contributed by atoms with Crippen LogP contribution in [-0.2, 0) is 31.9 Å². The van der Waals surface area contributed by atoms with E-state index in [1.54, 1.807) is 19.1 Å². The van der Waals surface area contributed by atoms with Crippen molar-refractivity contribution in [3.05, 3.63) is 74.9 Å². The third-order valence-corrected chi connectivity index (χ3v) is 10.9. The summed E-state index contributed by atoms with van der Waals surface area (Å²) in [5.41, 5.74) is 0.534. The zero-order valence-electron chi connectivity index (χ0n) is 32.0. The molecule has 0 radical (unpaired) electrons. The molecular weight excluding hydrogens is 646 g/mol. The van der Waals surface area contributed by atoms with Crippen LogP contribution in [0, 0.1) is 11.8 Å². The number of fused-ring (bicyclic) bond motifs is 1. The minimum absolute atomic E-state index is 0.00373. The standard InChI is InChI=1S/C42H55NO8/c1-24(2)12-11-13-26(5)15-17-29-34(44)30(16-14-25(3)4)37-33(35(29)45)36(46)31-22-28-23-32-40(7,8)51-41(38(28)47,42(31,32)50-37)19-18-27(6)39(48)49-21-20-43(9)10/h12,14-15,18,22,28,32,44-45H,11,13,16-17,19-21,23H2,1-10H3/b26-15+,27-18-. The van der Waals surface area contributed by atoms with Crippen LogP contribution < -0.4 is 4.74 Å². The van der Waals surface area contributed by atoms with Crippen molar-refractivity contribution in [3.8, 4) is 17.2 Å². The van der Waals surface area contributed by atoms with Crippen LogP contribution >= 0.6 is 0 Å². The summed E-state index contributed by atoms with van der Waals surface area (Å²) in [5, 5.41) is 23.7. The Morgan fingerprint density at radius 3 is 2.27 bits per heavy atom. The van der Waals surface area contributed by atoms with Crippen molar-refractivity contribution in [3.63, 3.8) is 0 Å². The lowest BCUT2D eigenvalue weighted by Crippen LogP contribution is -2.72. The first kappa shape index (κ1) is 38.3. The number of likely N-dealkylation sites (N-methyl/N-ethyl adjacent to an activating group) is 1. The third-order valence-electron chi connectivity index (χ3n) is 10.9. The maximum atomic E-state index is 14.9. The molecule has 1 aromatic carbocycles. The molecule has 6 rings (SSSR count). The van der Waals surface area contributed by atoms with Gasteiger partial charge in [0.25, 0.3) is 0 Å². The average Bonchev–Trinajstić information content (AvgIpc) is 3.19. The first-order chi connectivity index (χ1) is 23.9. The molecule has 1 saturated carbocycles. The summed E-state index contributed by atoms with van der Waals surface area (Å²) < 4.78 is 19.3.